The molecule has 1 aliphatic heterocycles. The van der Waals surface area contributed by atoms with Gasteiger partial charge in [-0.2, -0.15) is 0 Å². The van der Waals surface area contributed by atoms with Gasteiger partial charge in [-0.3, -0.25) is 0 Å². The predicted octanol–water partition coefficient (Wildman–Crippen LogP) is 2.42. The number of nitrogens with one attached hydrogen (secondary N) is 1. The van der Waals surface area contributed by atoms with Crippen molar-refractivity contribution in [2.24, 2.45) is 0 Å². The third-order valence-corrected chi connectivity index (χ3v) is 3.01. The summed E-state index contributed by atoms with van der Waals surface area (Å²) < 4.78 is 11.1. The van der Waals surface area contributed by atoms with Crippen molar-refractivity contribution in [1.82, 2.24) is 9.97 Å². The van der Waals surface area contributed by atoms with E-state index in [1.54, 1.807) is 12.4 Å². The molecule has 1 unspecified atom stereocenters. The van der Waals surface area contributed by atoms with Gasteiger partial charge in [-0.05, 0) is 24.6 Å². The molecule has 5 nitrogen and oxygen atoms in total. The van der Waals surface area contributed by atoms with Gasteiger partial charge in [0.1, 0.15) is 19.5 Å². The average molecular weight is 257 g/mol. The quantitative estimate of drug-likeness (QED) is 0.915. The smallest absolute Gasteiger partial charge is 0.161 e. The average Bonchev–Trinajstić information content (AvgIpc) is 2.48. The Labute approximate surface area is 111 Å². The number of fused-ring (bicyclic) bond motifs is 1. The van der Waals surface area contributed by atoms with Gasteiger partial charge in [-0.1, -0.05) is 6.07 Å². The van der Waals surface area contributed by atoms with Gasteiger partial charge in [0.2, 0.25) is 0 Å². The van der Waals surface area contributed by atoms with Crippen LogP contribution in [0.5, 0.6) is 11.5 Å². The topological polar surface area (TPSA) is 56.3 Å². The lowest BCUT2D eigenvalue weighted by atomic mass is 10.1. The SMILES string of the molecule is CC(Nc1cncnc1)c1ccc2c(c1)OCCO2. The predicted molar refractivity (Wildman–Crippen MR) is 71.5 cm³/mol. The van der Waals surface area contributed by atoms with E-state index >= 15 is 0 Å². The standard InChI is InChI=1S/C14H15N3O2/c1-10(17-12-7-15-9-16-8-12)11-2-3-13-14(6-11)19-5-4-18-13/h2-3,6-10,17H,4-5H2,1H3. The Hall–Kier alpha value is -2.30. The molecule has 0 saturated heterocycles. The van der Waals surface area contributed by atoms with E-state index in [4.69, 9.17) is 9.47 Å². The Kier molecular flexibility index (Phi) is 3.18. The normalized spacial score (nSPS) is 14.8. The van der Waals surface area contributed by atoms with Gasteiger partial charge in [-0.25, -0.2) is 9.97 Å². The van der Waals surface area contributed by atoms with Crippen molar-refractivity contribution in [2.45, 2.75) is 13.0 Å². The van der Waals surface area contributed by atoms with Crippen LogP contribution in [-0.2, 0) is 0 Å². The number of aromatic nitrogens is 2. The summed E-state index contributed by atoms with van der Waals surface area (Å²) in [7, 11) is 0. The lowest BCUT2D eigenvalue weighted by Gasteiger charge is -2.21. The summed E-state index contributed by atoms with van der Waals surface area (Å²) in [6.45, 7) is 3.30. The second-order valence-corrected chi connectivity index (χ2v) is 4.40. The Morgan fingerprint density at radius 3 is 2.63 bits per heavy atom. The zero-order chi connectivity index (χ0) is 13.1. The number of anilines is 1. The molecule has 19 heavy (non-hydrogen) atoms. The maximum atomic E-state index is 5.59. The first kappa shape index (κ1) is 11.8. The van der Waals surface area contributed by atoms with E-state index in [1.807, 2.05) is 18.2 Å². The molecule has 0 saturated carbocycles. The first-order chi connectivity index (χ1) is 9.33. The number of benzene rings is 1. The van der Waals surface area contributed by atoms with E-state index in [0.29, 0.717) is 13.2 Å². The van der Waals surface area contributed by atoms with Crippen LogP contribution in [0.2, 0.25) is 0 Å². The second-order valence-electron chi connectivity index (χ2n) is 4.40. The molecule has 1 aromatic carbocycles. The van der Waals surface area contributed by atoms with Crippen LogP contribution < -0.4 is 14.8 Å². The highest BCUT2D eigenvalue weighted by atomic mass is 16.6. The van der Waals surface area contributed by atoms with Crippen LogP contribution in [0.3, 0.4) is 0 Å². The van der Waals surface area contributed by atoms with Gasteiger partial charge in [0.25, 0.3) is 0 Å². The largest absolute Gasteiger partial charge is 0.486 e. The molecule has 0 amide bonds. The monoisotopic (exact) mass is 257 g/mol. The van der Waals surface area contributed by atoms with Crippen LogP contribution in [-0.4, -0.2) is 23.2 Å². The summed E-state index contributed by atoms with van der Waals surface area (Å²) in [5.74, 6) is 1.62. The molecule has 1 aliphatic rings. The Morgan fingerprint density at radius 2 is 1.84 bits per heavy atom. The van der Waals surface area contributed by atoms with E-state index in [0.717, 1.165) is 22.7 Å². The molecule has 2 heterocycles. The van der Waals surface area contributed by atoms with Crippen molar-refractivity contribution < 1.29 is 9.47 Å². The van der Waals surface area contributed by atoms with Crippen molar-refractivity contribution in [3.8, 4) is 11.5 Å². The summed E-state index contributed by atoms with van der Waals surface area (Å²) >= 11 is 0. The minimum atomic E-state index is 0.141. The number of nitrogens with zero attached hydrogens (tertiary/aromatic N) is 2. The van der Waals surface area contributed by atoms with E-state index < -0.39 is 0 Å². The first-order valence-corrected chi connectivity index (χ1v) is 6.24. The van der Waals surface area contributed by atoms with Crippen LogP contribution in [0.4, 0.5) is 5.69 Å². The van der Waals surface area contributed by atoms with Gasteiger partial charge < -0.3 is 14.8 Å². The molecule has 98 valence electrons. The highest BCUT2D eigenvalue weighted by Crippen LogP contribution is 2.33. The van der Waals surface area contributed by atoms with Crippen LogP contribution in [0.1, 0.15) is 18.5 Å². The Bertz CT molecular complexity index is 560. The van der Waals surface area contributed by atoms with Crippen LogP contribution in [0.15, 0.2) is 36.9 Å². The molecular weight excluding hydrogens is 242 g/mol. The van der Waals surface area contributed by atoms with Crippen molar-refractivity contribution in [3.63, 3.8) is 0 Å². The molecule has 5 heteroatoms. The number of hydrogen-bond acceptors (Lipinski definition) is 5. The minimum Gasteiger partial charge on any atom is -0.486 e. The Morgan fingerprint density at radius 1 is 1.11 bits per heavy atom. The molecule has 0 spiro atoms. The van der Waals surface area contributed by atoms with Crippen molar-refractivity contribution in [3.05, 3.63) is 42.5 Å². The molecule has 3 rings (SSSR count). The van der Waals surface area contributed by atoms with Gasteiger partial charge in [0.15, 0.2) is 11.5 Å². The summed E-state index contributed by atoms with van der Waals surface area (Å²) in [5.41, 5.74) is 2.03. The molecular formula is C14H15N3O2. The van der Waals surface area contributed by atoms with Crippen LogP contribution in [0, 0.1) is 0 Å². The molecule has 1 aromatic heterocycles. The maximum Gasteiger partial charge on any atom is 0.161 e. The highest BCUT2D eigenvalue weighted by molar-refractivity contribution is 5.47. The van der Waals surface area contributed by atoms with Crippen molar-refractivity contribution in [2.75, 3.05) is 18.5 Å². The summed E-state index contributed by atoms with van der Waals surface area (Å²) in [5, 5.41) is 3.34. The maximum absolute atomic E-state index is 5.59. The lowest BCUT2D eigenvalue weighted by Crippen LogP contribution is -2.16. The first-order valence-electron chi connectivity index (χ1n) is 6.24. The van der Waals surface area contributed by atoms with Crippen LogP contribution >= 0.6 is 0 Å². The Balaban J connectivity index is 1.78. The molecule has 1 atom stereocenters. The minimum absolute atomic E-state index is 0.141. The van der Waals surface area contributed by atoms with Gasteiger partial charge in [0, 0.05) is 6.04 Å². The molecule has 0 aliphatic carbocycles. The van der Waals surface area contributed by atoms with Crippen LogP contribution in [0.25, 0.3) is 0 Å². The van der Waals surface area contributed by atoms with Gasteiger partial charge in [-0.15, -0.1) is 0 Å². The molecule has 2 aromatic rings. The van der Waals surface area contributed by atoms with Crippen molar-refractivity contribution >= 4 is 5.69 Å². The number of hydrogen-bond donors (Lipinski definition) is 1. The lowest BCUT2D eigenvalue weighted by molar-refractivity contribution is 0.171. The fourth-order valence-corrected chi connectivity index (χ4v) is 2.04. The van der Waals surface area contributed by atoms with E-state index in [9.17, 15) is 0 Å². The molecule has 0 fully saturated rings. The van der Waals surface area contributed by atoms with Gasteiger partial charge in [0.05, 0.1) is 18.1 Å². The molecule has 1 N–H and O–H groups in total. The zero-order valence-corrected chi connectivity index (χ0v) is 10.7. The van der Waals surface area contributed by atoms with Crippen molar-refractivity contribution in [1.29, 1.82) is 0 Å². The number of rotatable bonds is 3. The highest BCUT2D eigenvalue weighted by Gasteiger charge is 2.14. The number of ether oxygens (including phenoxy) is 2. The molecule has 0 radical (unpaired) electrons. The van der Waals surface area contributed by atoms with Gasteiger partial charge >= 0.3 is 0 Å². The third-order valence-electron chi connectivity index (χ3n) is 3.01. The summed E-state index contributed by atoms with van der Waals surface area (Å²) in [6.07, 6.45) is 5.02. The van der Waals surface area contributed by atoms with E-state index in [2.05, 4.69) is 22.2 Å². The summed E-state index contributed by atoms with van der Waals surface area (Å²) in [6, 6.07) is 6.14. The fourth-order valence-electron chi connectivity index (χ4n) is 2.04. The second kappa shape index (κ2) is 5.14. The zero-order valence-electron chi connectivity index (χ0n) is 10.7. The van der Waals surface area contributed by atoms with E-state index in [1.165, 1.54) is 6.33 Å². The molecule has 0 bridgehead atoms. The summed E-state index contributed by atoms with van der Waals surface area (Å²) in [4.78, 5) is 7.97. The third kappa shape index (κ3) is 2.59. The van der Waals surface area contributed by atoms with E-state index in [-0.39, 0.29) is 6.04 Å². The fraction of sp³-hybridized carbons (Fsp3) is 0.286.